The summed E-state index contributed by atoms with van der Waals surface area (Å²) in [5.41, 5.74) is 0.124. The Morgan fingerprint density at radius 3 is 2.60 bits per heavy atom. The highest BCUT2D eigenvalue weighted by atomic mass is 32.1. The summed E-state index contributed by atoms with van der Waals surface area (Å²) in [5.74, 6) is 0. The van der Waals surface area contributed by atoms with Crippen LogP contribution in [0.2, 0.25) is 0 Å². The second-order valence-corrected chi connectivity index (χ2v) is 4.84. The summed E-state index contributed by atoms with van der Waals surface area (Å²) < 4.78 is 0. The van der Waals surface area contributed by atoms with Gasteiger partial charge in [0, 0.05) is 11.6 Å². The van der Waals surface area contributed by atoms with Crippen molar-refractivity contribution in [1.29, 1.82) is 0 Å². The zero-order chi connectivity index (χ0) is 11.1. The van der Waals surface area contributed by atoms with E-state index in [0.717, 1.165) is 13.0 Å². The maximum Gasteiger partial charge on any atom is 0.113 e. The maximum atomic E-state index is 4.49. The van der Waals surface area contributed by atoms with Crippen LogP contribution in [0.15, 0.2) is 11.6 Å². The van der Waals surface area contributed by atoms with Crippen molar-refractivity contribution in [2.24, 2.45) is 0 Å². The van der Waals surface area contributed by atoms with Gasteiger partial charge in [-0.05, 0) is 25.8 Å². The van der Waals surface area contributed by atoms with E-state index in [4.69, 9.17) is 0 Å². The molecule has 0 saturated carbocycles. The average Bonchev–Trinajstić information content (AvgIpc) is 2.78. The van der Waals surface area contributed by atoms with E-state index >= 15 is 0 Å². The largest absolute Gasteiger partial charge is 0.305 e. The SMILES string of the molecule is CCCNC(CC)(CCC)c1nccs1. The molecule has 1 rings (SSSR count). The number of thiazole rings is 1. The molecular formula is C12H22N2S. The van der Waals surface area contributed by atoms with Crippen LogP contribution in [0.1, 0.15) is 51.5 Å². The normalized spacial score (nSPS) is 15.1. The monoisotopic (exact) mass is 226 g/mol. The topological polar surface area (TPSA) is 24.9 Å². The van der Waals surface area contributed by atoms with E-state index in [-0.39, 0.29) is 5.54 Å². The first-order valence-electron chi connectivity index (χ1n) is 5.94. The van der Waals surface area contributed by atoms with Crippen molar-refractivity contribution in [1.82, 2.24) is 10.3 Å². The minimum Gasteiger partial charge on any atom is -0.305 e. The minimum absolute atomic E-state index is 0.124. The van der Waals surface area contributed by atoms with E-state index in [2.05, 4.69) is 36.5 Å². The fourth-order valence-electron chi connectivity index (χ4n) is 1.97. The first-order chi connectivity index (χ1) is 7.29. The summed E-state index contributed by atoms with van der Waals surface area (Å²) in [6.45, 7) is 7.78. The third-order valence-corrected chi connectivity index (χ3v) is 3.81. The zero-order valence-corrected chi connectivity index (χ0v) is 10.9. The molecule has 0 aliphatic heterocycles. The molecule has 0 spiro atoms. The van der Waals surface area contributed by atoms with Gasteiger partial charge in [-0.25, -0.2) is 4.98 Å². The molecule has 0 aromatic carbocycles. The summed E-state index contributed by atoms with van der Waals surface area (Å²) in [5, 5.41) is 7.01. The van der Waals surface area contributed by atoms with E-state index < -0.39 is 0 Å². The first kappa shape index (κ1) is 12.7. The molecule has 1 aromatic heterocycles. The van der Waals surface area contributed by atoms with E-state index in [9.17, 15) is 0 Å². The van der Waals surface area contributed by atoms with Crippen molar-refractivity contribution >= 4 is 11.3 Å². The maximum absolute atomic E-state index is 4.49. The molecule has 15 heavy (non-hydrogen) atoms. The van der Waals surface area contributed by atoms with Gasteiger partial charge in [-0.15, -0.1) is 11.3 Å². The number of aromatic nitrogens is 1. The van der Waals surface area contributed by atoms with Gasteiger partial charge in [0.25, 0.3) is 0 Å². The molecule has 0 amide bonds. The van der Waals surface area contributed by atoms with E-state index in [1.54, 1.807) is 11.3 Å². The van der Waals surface area contributed by atoms with Crippen molar-refractivity contribution in [2.45, 2.75) is 52.0 Å². The number of rotatable bonds is 7. The zero-order valence-electron chi connectivity index (χ0n) is 10.0. The molecule has 0 bridgehead atoms. The Morgan fingerprint density at radius 2 is 2.13 bits per heavy atom. The van der Waals surface area contributed by atoms with Crippen LogP contribution in [0.4, 0.5) is 0 Å². The lowest BCUT2D eigenvalue weighted by molar-refractivity contribution is 0.293. The lowest BCUT2D eigenvalue weighted by Crippen LogP contribution is -2.42. The molecule has 1 N–H and O–H groups in total. The Kier molecular flexibility index (Phi) is 5.26. The summed E-state index contributed by atoms with van der Waals surface area (Å²) in [4.78, 5) is 4.49. The molecule has 0 aliphatic rings. The number of hydrogen-bond acceptors (Lipinski definition) is 3. The highest BCUT2D eigenvalue weighted by Crippen LogP contribution is 2.31. The van der Waals surface area contributed by atoms with Gasteiger partial charge in [0.2, 0.25) is 0 Å². The van der Waals surface area contributed by atoms with Crippen LogP contribution in [0.5, 0.6) is 0 Å². The molecule has 0 fully saturated rings. The number of nitrogens with zero attached hydrogens (tertiary/aromatic N) is 1. The molecule has 1 atom stereocenters. The van der Waals surface area contributed by atoms with Crippen molar-refractivity contribution in [3.8, 4) is 0 Å². The van der Waals surface area contributed by atoms with Crippen molar-refractivity contribution in [2.75, 3.05) is 6.54 Å². The summed E-state index contributed by atoms with van der Waals surface area (Å²) >= 11 is 1.77. The van der Waals surface area contributed by atoms with Crippen molar-refractivity contribution < 1.29 is 0 Å². The van der Waals surface area contributed by atoms with Crippen LogP contribution >= 0.6 is 11.3 Å². The van der Waals surface area contributed by atoms with Crippen LogP contribution < -0.4 is 5.32 Å². The molecule has 2 nitrogen and oxygen atoms in total. The Labute approximate surface area is 97.1 Å². The second-order valence-electron chi connectivity index (χ2n) is 3.95. The van der Waals surface area contributed by atoms with Crippen LogP contribution in [0.3, 0.4) is 0 Å². The molecule has 1 heterocycles. The van der Waals surface area contributed by atoms with Gasteiger partial charge in [0.05, 0.1) is 5.54 Å². The molecule has 1 aromatic rings. The predicted octanol–water partition coefficient (Wildman–Crippen LogP) is 3.55. The van der Waals surface area contributed by atoms with Crippen molar-refractivity contribution in [3.05, 3.63) is 16.6 Å². The summed E-state index contributed by atoms with van der Waals surface area (Å²) in [6.07, 6.45) is 6.58. The van der Waals surface area contributed by atoms with Crippen LogP contribution in [0.25, 0.3) is 0 Å². The fraction of sp³-hybridized carbons (Fsp3) is 0.750. The first-order valence-corrected chi connectivity index (χ1v) is 6.82. The third-order valence-electron chi connectivity index (χ3n) is 2.84. The van der Waals surface area contributed by atoms with Crippen molar-refractivity contribution in [3.63, 3.8) is 0 Å². The van der Waals surface area contributed by atoms with Crippen LogP contribution in [-0.4, -0.2) is 11.5 Å². The summed E-state index contributed by atoms with van der Waals surface area (Å²) in [7, 11) is 0. The van der Waals surface area contributed by atoms with Gasteiger partial charge >= 0.3 is 0 Å². The lowest BCUT2D eigenvalue weighted by atomic mass is 9.91. The number of hydrogen-bond donors (Lipinski definition) is 1. The predicted molar refractivity (Wildman–Crippen MR) is 67.3 cm³/mol. The molecule has 1 unspecified atom stereocenters. The Balaban J connectivity index is 2.82. The molecule has 3 heteroatoms. The Bertz CT molecular complexity index is 259. The lowest BCUT2D eigenvalue weighted by Gasteiger charge is -2.32. The quantitative estimate of drug-likeness (QED) is 0.769. The molecular weight excluding hydrogens is 204 g/mol. The van der Waals surface area contributed by atoms with Crippen LogP contribution in [-0.2, 0) is 5.54 Å². The van der Waals surface area contributed by atoms with Gasteiger partial charge in [0.1, 0.15) is 5.01 Å². The molecule has 0 aliphatic carbocycles. The van der Waals surface area contributed by atoms with E-state index in [1.807, 2.05) is 6.20 Å². The third kappa shape index (κ3) is 3.02. The molecule has 0 radical (unpaired) electrons. The minimum atomic E-state index is 0.124. The highest BCUT2D eigenvalue weighted by molar-refractivity contribution is 7.09. The van der Waals surface area contributed by atoms with Gasteiger partial charge in [-0.3, -0.25) is 0 Å². The van der Waals surface area contributed by atoms with Gasteiger partial charge < -0.3 is 5.32 Å². The molecule has 0 saturated heterocycles. The standard InChI is InChI=1S/C12H22N2S/c1-4-7-12(6-3,14-8-5-2)11-13-9-10-15-11/h9-10,14H,4-8H2,1-3H3. The molecule has 86 valence electrons. The van der Waals surface area contributed by atoms with E-state index in [1.165, 1.54) is 24.3 Å². The smallest absolute Gasteiger partial charge is 0.113 e. The number of nitrogens with one attached hydrogen (secondary N) is 1. The summed E-state index contributed by atoms with van der Waals surface area (Å²) in [6, 6.07) is 0. The van der Waals surface area contributed by atoms with Crippen LogP contribution in [0, 0.1) is 0 Å². The van der Waals surface area contributed by atoms with Gasteiger partial charge in [0.15, 0.2) is 0 Å². The highest BCUT2D eigenvalue weighted by Gasteiger charge is 2.30. The second kappa shape index (κ2) is 6.23. The Morgan fingerprint density at radius 1 is 1.33 bits per heavy atom. The fourth-order valence-corrected chi connectivity index (χ4v) is 2.89. The van der Waals surface area contributed by atoms with E-state index in [0.29, 0.717) is 0 Å². The van der Waals surface area contributed by atoms with Gasteiger partial charge in [-0.2, -0.15) is 0 Å². The average molecular weight is 226 g/mol. The Hall–Kier alpha value is -0.410. The van der Waals surface area contributed by atoms with Gasteiger partial charge in [-0.1, -0.05) is 27.2 Å².